The fourth-order valence-corrected chi connectivity index (χ4v) is 1.95. The molecule has 0 spiro atoms. The highest BCUT2D eigenvalue weighted by Gasteiger charge is 2.10. The first-order valence-electron chi connectivity index (χ1n) is 5.72. The maximum Gasteiger partial charge on any atom is 0.178 e. The molecule has 0 aliphatic rings. The second kappa shape index (κ2) is 3.91. The number of halogens is 1. The van der Waals surface area contributed by atoms with E-state index in [1.54, 1.807) is 18.3 Å². The van der Waals surface area contributed by atoms with Crippen molar-refractivity contribution < 1.29 is 4.39 Å². The number of rotatable bonds is 1. The van der Waals surface area contributed by atoms with Crippen LogP contribution in [0.4, 0.5) is 4.39 Å². The highest BCUT2D eigenvalue weighted by atomic mass is 19.1. The molecule has 0 atom stereocenters. The summed E-state index contributed by atoms with van der Waals surface area (Å²) in [5.41, 5.74) is 3.95. The quantitative estimate of drug-likeness (QED) is 0.709. The van der Waals surface area contributed by atoms with Crippen molar-refractivity contribution in [3.8, 4) is 11.4 Å². The van der Waals surface area contributed by atoms with Crippen LogP contribution in [-0.4, -0.2) is 15.0 Å². The van der Waals surface area contributed by atoms with Crippen LogP contribution in [0.15, 0.2) is 30.5 Å². The lowest BCUT2D eigenvalue weighted by Gasteiger charge is -2.00. The molecule has 0 radical (unpaired) electrons. The molecule has 1 N–H and O–H groups in total. The normalized spacial score (nSPS) is 11.1. The molecular weight excluding hydrogens is 229 g/mol. The third kappa shape index (κ3) is 1.76. The number of aromatic amines is 1. The number of aryl methyl sites for hydroxylation is 2. The standard InChI is InChI=1S/C14H12FN3/c1-8-3-4-11(15)10(5-8)13-17-12-6-9(2)7-16-14(12)18-13/h3-7H,1-2H3,(H,16,17,18). The van der Waals surface area contributed by atoms with E-state index < -0.39 is 0 Å². The molecule has 3 aromatic rings. The second-order valence-electron chi connectivity index (χ2n) is 4.45. The number of aromatic nitrogens is 3. The molecule has 1 aromatic carbocycles. The van der Waals surface area contributed by atoms with Crippen molar-refractivity contribution in [1.29, 1.82) is 0 Å². The topological polar surface area (TPSA) is 41.6 Å². The van der Waals surface area contributed by atoms with Crippen LogP contribution in [0.5, 0.6) is 0 Å². The van der Waals surface area contributed by atoms with Gasteiger partial charge in [0.15, 0.2) is 5.65 Å². The van der Waals surface area contributed by atoms with Crippen LogP contribution in [0.2, 0.25) is 0 Å². The molecule has 2 aromatic heterocycles. The number of pyridine rings is 1. The summed E-state index contributed by atoms with van der Waals surface area (Å²) in [7, 11) is 0. The molecule has 0 unspecified atom stereocenters. The van der Waals surface area contributed by atoms with Crippen molar-refractivity contribution in [3.63, 3.8) is 0 Å². The summed E-state index contributed by atoms with van der Waals surface area (Å²) in [4.78, 5) is 11.6. The van der Waals surface area contributed by atoms with Gasteiger partial charge in [-0.3, -0.25) is 0 Å². The fourth-order valence-electron chi connectivity index (χ4n) is 1.95. The third-order valence-electron chi connectivity index (χ3n) is 2.85. The molecule has 18 heavy (non-hydrogen) atoms. The maximum absolute atomic E-state index is 13.8. The van der Waals surface area contributed by atoms with Gasteiger partial charge in [0.25, 0.3) is 0 Å². The zero-order chi connectivity index (χ0) is 12.7. The average Bonchev–Trinajstić information content (AvgIpc) is 2.74. The van der Waals surface area contributed by atoms with Gasteiger partial charge in [0.05, 0.1) is 11.1 Å². The van der Waals surface area contributed by atoms with E-state index in [-0.39, 0.29) is 5.82 Å². The molecule has 3 nitrogen and oxygen atoms in total. The van der Waals surface area contributed by atoms with E-state index in [1.165, 1.54) is 6.07 Å². The number of hydrogen-bond donors (Lipinski definition) is 1. The number of benzene rings is 1. The zero-order valence-corrected chi connectivity index (χ0v) is 10.2. The molecule has 0 saturated carbocycles. The van der Waals surface area contributed by atoms with Gasteiger partial charge in [0.2, 0.25) is 0 Å². The smallest absolute Gasteiger partial charge is 0.178 e. The number of imidazole rings is 1. The van der Waals surface area contributed by atoms with E-state index in [1.807, 2.05) is 19.9 Å². The van der Waals surface area contributed by atoms with Gasteiger partial charge < -0.3 is 4.98 Å². The van der Waals surface area contributed by atoms with Gasteiger partial charge >= 0.3 is 0 Å². The Labute approximate surface area is 104 Å². The van der Waals surface area contributed by atoms with Gasteiger partial charge in [-0.2, -0.15) is 0 Å². The summed E-state index contributed by atoms with van der Waals surface area (Å²) in [5, 5.41) is 0. The second-order valence-corrected chi connectivity index (χ2v) is 4.45. The summed E-state index contributed by atoms with van der Waals surface area (Å²) >= 11 is 0. The molecule has 0 aliphatic carbocycles. The van der Waals surface area contributed by atoms with Gasteiger partial charge in [-0.1, -0.05) is 11.6 Å². The van der Waals surface area contributed by atoms with Crippen LogP contribution in [0.1, 0.15) is 11.1 Å². The minimum atomic E-state index is -0.281. The van der Waals surface area contributed by atoms with E-state index in [9.17, 15) is 4.39 Å². The highest BCUT2D eigenvalue weighted by molar-refractivity contribution is 5.76. The number of H-pyrrole nitrogens is 1. The van der Waals surface area contributed by atoms with E-state index in [0.29, 0.717) is 17.0 Å². The molecule has 4 heteroatoms. The third-order valence-corrected chi connectivity index (χ3v) is 2.85. The van der Waals surface area contributed by atoms with Crippen LogP contribution in [0.25, 0.3) is 22.6 Å². The minimum Gasteiger partial charge on any atom is -0.336 e. The SMILES string of the molecule is Cc1ccc(F)c(-c2nc3ncc(C)cc3[nH]2)c1. The number of fused-ring (bicyclic) bond motifs is 1. The molecule has 0 amide bonds. The van der Waals surface area contributed by atoms with Crippen LogP contribution in [0, 0.1) is 19.7 Å². The Hall–Kier alpha value is -2.23. The van der Waals surface area contributed by atoms with Crippen molar-refractivity contribution >= 4 is 11.2 Å². The summed E-state index contributed by atoms with van der Waals surface area (Å²) in [6.45, 7) is 3.88. The lowest BCUT2D eigenvalue weighted by Crippen LogP contribution is -1.87. The monoisotopic (exact) mass is 241 g/mol. The Morgan fingerprint density at radius 3 is 2.78 bits per heavy atom. The number of hydrogen-bond acceptors (Lipinski definition) is 2. The molecule has 3 rings (SSSR count). The van der Waals surface area contributed by atoms with Crippen molar-refractivity contribution in [1.82, 2.24) is 15.0 Å². The van der Waals surface area contributed by atoms with Crippen molar-refractivity contribution in [2.75, 3.05) is 0 Å². The van der Waals surface area contributed by atoms with Crippen LogP contribution >= 0.6 is 0 Å². The molecule has 0 aliphatic heterocycles. The van der Waals surface area contributed by atoms with Crippen molar-refractivity contribution in [2.45, 2.75) is 13.8 Å². The van der Waals surface area contributed by atoms with E-state index in [4.69, 9.17) is 0 Å². The van der Waals surface area contributed by atoms with Gasteiger partial charge in [-0.15, -0.1) is 0 Å². The Bertz CT molecular complexity index is 731. The predicted molar refractivity (Wildman–Crippen MR) is 68.8 cm³/mol. The molecule has 0 fully saturated rings. The lowest BCUT2D eigenvalue weighted by molar-refractivity contribution is 0.630. The minimum absolute atomic E-state index is 0.281. The molecular formula is C14H12FN3. The first-order valence-corrected chi connectivity index (χ1v) is 5.72. The Morgan fingerprint density at radius 2 is 1.94 bits per heavy atom. The highest BCUT2D eigenvalue weighted by Crippen LogP contribution is 2.23. The maximum atomic E-state index is 13.8. The molecule has 90 valence electrons. The first kappa shape index (κ1) is 10.9. The first-order chi connectivity index (χ1) is 8.63. The largest absolute Gasteiger partial charge is 0.336 e. The summed E-state index contributed by atoms with van der Waals surface area (Å²) in [6, 6.07) is 6.92. The Balaban J connectivity index is 2.22. The van der Waals surface area contributed by atoms with Gasteiger partial charge in [0, 0.05) is 6.20 Å². The molecule has 0 saturated heterocycles. The number of nitrogens with zero attached hydrogens (tertiary/aromatic N) is 2. The molecule has 0 bridgehead atoms. The molecule has 2 heterocycles. The average molecular weight is 241 g/mol. The fraction of sp³-hybridized carbons (Fsp3) is 0.143. The van der Waals surface area contributed by atoms with E-state index in [2.05, 4.69) is 15.0 Å². The summed E-state index contributed by atoms with van der Waals surface area (Å²) in [6.07, 6.45) is 1.75. The Morgan fingerprint density at radius 1 is 1.11 bits per heavy atom. The van der Waals surface area contributed by atoms with Gasteiger partial charge in [0.1, 0.15) is 11.6 Å². The van der Waals surface area contributed by atoms with E-state index >= 15 is 0 Å². The van der Waals surface area contributed by atoms with Gasteiger partial charge in [-0.25, -0.2) is 14.4 Å². The van der Waals surface area contributed by atoms with Crippen LogP contribution < -0.4 is 0 Å². The van der Waals surface area contributed by atoms with Crippen molar-refractivity contribution in [3.05, 3.63) is 47.4 Å². The predicted octanol–water partition coefficient (Wildman–Crippen LogP) is 3.38. The Kier molecular flexibility index (Phi) is 2.37. The van der Waals surface area contributed by atoms with Crippen LogP contribution in [0.3, 0.4) is 0 Å². The summed E-state index contributed by atoms with van der Waals surface area (Å²) < 4.78 is 13.8. The van der Waals surface area contributed by atoms with Crippen molar-refractivity contribution in [2.24, 2.45) is 0 Å². The van der Waals surface area contributed by atoms with E-state index in [0.717, 1.165) is 16.6 Å². The zero-order valence-electron chi connectivity index (χ0n) is 10.2. The summed E-state index contributed by atoms with van der Waals surface area (Å²) in [5.74, 6) is 0.237. The number of nitrogens with one attached hydrogen (secondary N) is 1. The lowest BCUT2D eigenvalue weighted by atomic mass is 10.1. The van der Waals surface area contributed by atoms with Crippen LogP contribution in [-0.2, 0) is 0 Å². The van der Waals surface area contributed by atoms with Gasteiger partial charge in [-0.05, 0) is 37.6 Å².